The molecule has 1 rings (SSSR count). The topological polar surface area (TPSA) is 0 Å². The average Bonchev–Trinajstić information content (AvgIpc) is 1.92. The normalized spacial score (nSPS) is 10.3. The van der Waals surface area contributed by atoms with Gasteiger partial charge in [0, 0.05) is 0 Å². The Hall–Kier alpha value is -0.645. The molecule has 0 amide bonds. The number of rotatable bonds is 0. The van der Waals surface area contributed by atoms with Crippen molar-refractivity contribution >= 4 is 19.9 Å². The SMILES string of the molecule is Cc1ccc([SH2+])cc1.F[B-](F)(F)F. The maximum absolute atomic E-state index is 9.75. The van der Waals surface area contributed by atoms with Gasteiger partial charge in [-0.1, -0.05) is 17.7 Å². The lowest BCUT2D eigenvalue weighted by molar-refractivity contribution is 0.368. The van der Waals surface area contributed by atoms with Gasteiger partial charge in [0.05, 0.1) is 0 Å². The molecule has 6 heteroatoms. The summed E-state index contributed by atoms with van der Waals surface area (Å²) in [4.78, 5) is 1.13. The van der Waals surface area contributed by atoms with Gasteiger partial charge in [0.15, 0.2) is 0 Å². The molecule has 0 atom stereocenters. The second kappa shape index (κ2) is 5.16. The van der Waals surface area contributed by atoms with E-state index in [1.165, 1.54) is 5.56 Å². The largest absolute Gasteiger partial charge is 0.673 e. The highest BCUT2D eigenvalue weighted by Gasteiger charge is 2.20. The summed E-state index contributed by atoms with van der Waals surface area (Å²) in [5, 5.41) is 0. The van der Waals surface area contributed by atoms with Crippen LogP contribution in [0.25, 0.3) is 0 Å². The predicted molar refractivity (Wildman–Crippen MR) is 49.8 cm³/mol. The Labute approximate surface area is 79.5 Å². The van der Waals surface area contributed by atoms with E-state index >= 15 is 0 Å². The smallest absolute Gasteiger partial charge is 0.418 e. The first-order chi connectivity index (χ1) is 5.79. The molecule has 0 aromatic heterocycles. The Morgan fingerprint density at radius 2 is 1.31 bits per heavy atom. The number of aryl methyl sites for hydroxylation is 1. The summed E-state index contributed by atoms with van der Waals surface area (Å²) >= 11 is 3.39. The zero-order valence-corrected chi connectivity index (χ0v) is 7.90. The zero-order valence-electron chi connectivity index (χ0n) is 6.90. The Bertz CT molecular complexity index is 217. The van der Waals surface area contributed by atoms with E-state index in [0.29, 0.717) is 0 Å². The summed E-state index contributed by atoms with van der Waals surface area (Å²) in [7, 11) is -6.00. The minimum absolute atomic E-state index is 1.13. The molecule has 0 unspecified atom stereocenters. The monoisotopic (exact) mass is 212 g/mol. The van der Waals surface area contributed by atoms with Gasteiger partial charge in [-0.25, -0.2) is 0 Å². The van der Waals surface area contributed by atoms with Gasteiger partial charge in [0.25, 0.3) is 0 Å². The molecule has 1 aromatic rings. The van der Waals surface area contributed by atoms with Crippen LogP contribution in [-0.4, -0.2) is 7.25 Å². The van der Waals surface area contributed by atoms with Crippen LogP contribution in [0.5, 0.6) is 0 Å². The van der Waals surface area contributed by atoms with Crippen LogP contribution in [0.2, 0.25) is 0 Å². The van der Waals surface area contributed by atoms with Gasteiger partial charge >= 0.3 is 7.25 Å². The molecule has 0 spiro atoms. The third kappa shape index (κ3) is 11.4. The minimum atomic E-state index is -6.00. The molecule has 0 fully saturated rings. The molecule has 13 heavy (non-hydrogen) atoms. The standard InChI is InChI=1S/C7H8S.BF4/c1-6-2-4-7(8)5-3-6;2-1(3,4)5/h2-5,8H,1H3;/q;-1/p+1. The van der Waals surface area contributed by atoms with Crippen LogP contribution in [-0.2, 0) is 12.6 Å². The van der Waals surface area contributed by atoms with E-state index < -0.39 is 7.25 Å². The van der Waals surface area contributed by atoms with Crippen LogP contribution in [0.1, 0.15) is 5.56 Å². The van der Waals surface area contributed by atoms with Gasteiger partial charge in [-0.3, -0.25) is 0 Å². The van der Waals surface area contributed by atoms with E-state index in [0.717, 1.165) is 4.90 Å². The first kappa shape index (κ1) is 12.4. The van der Waals surface area contributed by atoms with Crippen molar-refractivity contribution in [3.8, 4) is 0 Å². The van der Waals surface area contributed by atoms with Crippen molar-refractivity contribution in [3.63, 3.8) is 0 Å². The van der Waals surface area contributed by atoms with E-state index in [1.807, 2.05) is 12.1 Å². The summed E-state index contributed by atoms with van der Waals surface area (Å²) in [6.07, 6.45) is 0. The summed E-state index contributed by atoms with van der Waals surface area (Å²) in [6.45, 7) is 2.08. The second-order valence-corrected chi connectivity index (χ2v) is 2.94. The maximum atomic E-state index is 9.75. The van der Waals surface area contributed by atoms with Crippen molar-refractivity contribution in [2.75, 3.05) is 0 Å². The zero-order chi connectivity index (χ0) is 10.5. The van der Waals surface area contributed by atoms with Crippen LogP contribution < -0.4 is 0 Å². The molecular weight excluding hydrogens is 203 g/mol. The Kier molecular flexibility index (Phi) is 4.91. The molecule has 0 aliphatic carbocycles. The number of hydrogen-bond donors (Lipinski definition) is 0. The Morgan fingerprint density at radius 3 is 1.54 bits per heavy atom. The summed E-state index contributed by atoms with van der Waals surface area (Å²) in [5.41, 5.74) is 1.30. The van der Waals surface area contributed by atoms with Crippen LogP contribution >= 0.6 is 0 Å². The average molecular weight is 212 g/mol. The molecule has 0 saturated carbocycles. The quantitative estimate of drug-likeness (QED) is 0.352. The predicted octanol–water partition coefficient (Wildman–Crippen LogP) is 2.67. The lowest BCUT2D eigenvalue weighted by atomic mass is 10.2. The van der Waals surface area contributed by atoms with Crippen molar-refractivity contribution in [3.05, 3.63) is 29.8 Å². The highest BCUT2D eigenvalue weighted by molar-refractivity contribution is 7.58. The number of halogens is 4. The summed E-state index contributed by atoms with van der Waals surface area (Å²) < 4.78 is 39.0. The molecule has 1 aromatic carbocycles. The Balaban J connectivity index is 0.000000252. The molecule has 0 saturated heterocycles. The van der Waals surface area contributed by atoms with Crippen molar-refractivity contribution in [1.29, 1.82) is 0 Å². The van der Waals surface area contributed by atoms with Crippen LogP contribution in [0.3, 0.4) is 0 Å². The van der Waals surface area contributed by atoms with Gasteiger partial charge in [-0.15, -0.1) is 0 Å². The molecule has 0 aliphatic heterocycles. The molecule has 0 bridgehead atoms. The van der Waals surface area contributed by atoms with Gasteiger partial charge in [0.2, 0.25) is 0 Å². The minimum Gasteiger partial charge on any atom is -0.418 e. The summed E-state index contributed by atoms with van der Waals surface area (Å²) in [5.74, 6) is 0. The molecular formula is C7H9BF4S. The third-order valence-corrected chi connectivity index (χ3v) is 1.38. The van der Waals surface area contributed by atoms with Crippen LogP contribution in [0.15, 0.2) is 29.2 Å². The molecule has 0 radical (unpaired) electrons. The van der Waals surface area contributed by atoms with E-state index in [-0.39, 0.29) is 0 Å². The van der Waals surface area contributed by atoms with Gasteiger partial charge in [-0.2, -0.15) is 0 Å². The Morgan fingerprint density at radius 1 is 1.00 bits per heavy atom. The number of benzene rings is 1. The lowest BCUT2D eigenvalue weighted by Gasteiger charge is -1.94. The van der Waals surface area contributed by atoms with Crippen LogP contribution in [0, 0.1) is 6.92 Å². The van der Waals surface area contributed by atoms with Gasteiger partial charge < -0.3 is 17.3 Å². The number of hydrogen-bond acceptors (Lipinski definition) is 0. The lowest BCUT2D eigenvalue weighted by Crippen LogP contribution is -2.02. The highest BCUT2D eigenvalue weighted by atomic mass is 32.1. The fourth-order valence-electron chi connectivity index (χ4n) is 0.554. The van der Waals surface area contributed by atoms with Crippen molar-refractivity contribution in [2.24, 2.45) is 0 Å². The van der Waals surface area contributed by atoms with Gasteiger partial charge in [-0.05, 0) is 31.7 Å². The maximum Gasteiger partial charge on any atom is 0.673 e. The summed E-state index contributed by atoms with van der Waals surface area (Å²) in [6, 6.07) is 8.21. The molecule has 0 nitrogen and oxygen atoms in total. The van der Waals surface area contributed by atoms with E-state index in [1.54, 1.807) is 0 Å². The second-order valence-electron chi connectivity index (χ2n) is 2.36. The fraction of sp³-hybridized carbons (Fsp3) is 0.143. The van der Waals surface area contributed by atoms with E-state index in [9.17, 15) is 17.3 Å². The van der Waals surface area contributed by atoms with E-state index in [2.05, 4.69) is 31.7 Å². The van der Waals surface area contributed by atoms with E-state index in [4.69, 9.17) is 0 Å². The molecule has 74 valence electrons. The highest BCUT2D eigenvalue weighted by Crippen LogP contribution is 2.06. The fourth-order valence-corrected chi connectivity index (χ4v) is 0.720. The molecule has 0 N–H and O–H groups in total. The molecule has 0 aliphatic rings. The third-order valence-electron chi connectivity index (χ3n) is 1.05. The van der Waals surface area contributed by atoms with Crippen molar-refractivity contribution < 1.29 is 17.3 Å². The first-order valence-corrected chi connectivity index (χ1v) is 3.94. The van der Waals surface area contributed by atoms with Crippen LogP contribution in [0.4, 0.5) is 17.3 Å². The van der Waals surface area contributed by atoms with Crippen molar-refractivity contribution in [2.45, 2.75) is 11.8 Å². The first-order valence-electron chi connectivity index (χ1n) is 3.44. The van der Waals surface area contributed by atoms with Gasteiger partial charge in [0.1, 0.15) is 4.90 Å². The molecule has 0 heterocycles. The van der Waals surface area contributed by atoms with Crippen molar-refractivity contribution in [1.82, 2.24) is 0 Å².